The van der Waals surface area contributed by atoms with Gasteiger partial charge in [-0.2, -0.15) is 0 Å². The molecule has 0 fully saturated rings. The molecular weight excluding hydrogens is 174 g/mol. The third-order valence-corrected chi connectivity index (χ3v) is 0. The molecule has 0 aromatic rings. The summed E-state index contributed by atoms with van der Waals surface area (Å²) in [6, 6.07) is 0. The molecule has 0 spiro atoms. The Morgan fingerprint density at radius 1 is 1.12 bits per heavy atom. The molecule has 0 bridgehead atoms. The summed E-state index contributed by atoms with van der Waals surface area (Å²) in [5.74, 6) is 0. The van der Waals surface area contributed by atoms with E-state index in [2.05, 4.69) is 0 Å². The maximum absolute atomic E-state index is 8.88. The summed E-state index contributed by atoms with van der Waals surface area (Å²) in [6.07, 6.45) is 0. The van der Waals surface area contributed by atoms with Gasteiger partial charge in [-0.3, -0.25) is 0 Å². The van der Waals surface area contributed by atoms with Crippen LogP contribution in [0.25, 0.3) is 0 Å². The van der Waals surface area contributed by atoms with E-state index in [0.29, 0.717) is 0 Å². The molecule has 0 saturated carbocycles. The topological polar surface area (TPSA) is 106 Å². The average Bonchev–Trinajstić information content (AvgIpc) is 0.722. The molecule has 40 valence electrons. The fourth-order valence-corrected chi connectivity index (χ4v) is 0. The van der Waals surface area contributed by atoms with Crippen LogP contribution in [0.2, 0.25) is 0 Å². The van der Waals surface area contributed by atoms with E-state index in [-0.39, 0.29) is 79.9 Å². The van der Waals surface area contributed by atoms with E-state index < -0.39 is 7.82 Å². The van der Waals surface area contributed by atoms with Crippen molar-refractivity contribution in [2.24, 2.45) is 0 Å². The zero-order valence-corrected chi connectivity index (χ0v) is 9.74. The Labute approximate surface area is 105 Å². The average molecular weight is 177 g/mol. The Balaban J connectivity index is -0.0000000267. The molecular formula is H3KMgO5P+. The van der Waals surface area contributed by atoms with Crippen LogP contribution in [-0.2, 0) is 10.0 Å². The molecule has 0 unspecified atom stereocenters. The van der Waals surface area contributed by atoms with Crippen molar-refractivity contribution in [2.45, 2.75) is 0 Å². The zero-order chi connectivity index (χ0) is 4.50. The predicted molar refractivity (Wildman–Crippen MR) is 20.7 cm³/mol. The second kappa shape index (κ2) is 9.47. The van der Waals surface area contributed by atoms with E-state index in [1.54, 1.807) is 0 Å². The Hall–Kier alpha value is 2.47. The van der Waals surface area contributed by atoms with Crippen molar-refractivity contribution in [1.29, 1.82) is 0 Å². The van der Waals surface area contributed by atoms with Gasteiger partial charge in [0.2, 0.25) is 0 Å². The second-order valence-electron chi connectivity index (χ2n) is 0.513. The van der Waals surface area contributed by atoms with Gasteiger partial charge in [0.1, 0.15) is 0 Å². The largest absolute Gasteiger partial charge is 2.00 e. The maximum atomic E-state index is 8.88. The van der Waals surface area contributed by atoms with E-state index in [9.17, 15) is 0 Å². The van der Waals surface area contributed by atoms with Crippen LogP contribution in [0.1, 0.15) is 0 Å². The minimum Gasteiger partial charge on any atom is -2.00 e. The van der Waals surface area contributed by atoms with Gasteiger partial charge in [-0.1, -0.05) is 0 Å². The minimum absolute atomic E-state index is 0. The molecule has 0 aliphatic rings. The molecule has 0 amide bonds. The van der Waals surface area contributed by atoms with E-state index in [4.69, 9.17) is 19.2 Å². The van der Waals surface area contributed by atoms with Crippen LogP contribution in [-0.4, -0.2) is 37.7 Å². The van der Waals surface area contributed by atoms with Gasteiger partial charge in [0.15, 0.2) is 0 Å². The number of phosphoric acid groups is 1. The molecule has 0 atom stereocenters. The first-order chi connectivity index (χ1) is 2.00. The SMILES string of the molecule is O=P(O)(O)O.[K+].[Mg+2].[O-2]. The Morgan fingerprint density at radius 2 is 1.12 bits per heavy atom. The molecule has 8 heteroatoms. The fraction of sp³-hybridized carbons (Fsp3) is 0. The van der Waals surface area contributed by atoms with Crippen LogP contribution >= 0.6 is 7.82 Å². The summed E-state index contributed by atoms with van der Waals surface area (Å²) in [4.78, 5) is 21.6. The van der Waals surface area contributed by atoms with E-state index in [1.807, 2.05) is 0 Å². The van der Waals surface area contributed by atoms with Crippen molar-refractivity contribution in [2.75, 3.05) is 0 Å². The van der Waals surface area contributed by atoms with E-state index >= 15 is 0 Å². The second-order valence-corrected chi connectivity index (χ2v) is 1.54. The first kappa shape index (κ1) is 22.4. The maximum Gasteiger partial charge on any atom is 2.00 e. The van der Waals surface area contributed by atoms with Gasteiger partial charge in [-0.05, 0) is 0 Å². The van der Waals surface area contributed by atoms with E-state index in [1.165, 1.54) is 0 Å². The van der Waals surface area contributed by atoms with Crippen molar-refractivity contribution >= 4 is 30.9 Å². The summed E-state index contributed by atoms with van der Waals surface area (Å²) in [6.45, 7) is 0. The van der Waals surface area contributed by atoms with Crippen LogP contribution < -0.4 is 51.4 Å². The molecule has 8 heavy (non-hydrogen) atoms. The van der Waals surface area contributed by atoms with Gasteiger partial charge in [0, 0.05) is 0 Å². The monoisotopic (exact) mass is 177 g/mol. The van der Waals surface area contributed by atoms with Crippen molar-refractivity contribution in [3.05, 3.63) is 0 Å². The Morgan fingerprint density at radius 3 is 1.12 bits per heavy atom. The van der Waals surface area contributed by atoms with Gasteiger partial charge < -0.3 is 20.2 Å². The summed E-state index contributed by atoms with van der Waals surface area (Å²) >= 11 is 0. The summed E-state index contributed by atoms with van der Waals surface area (Å²) in [5, 5.41) is 0. The van der Waals surface area contributed by atoms with Gasteiger partial charge in [0.25, 0.3) is 0 Å². The standard InChI is InChI=1S/K.Mg.H3O4P.O/c;;1-5(2,3)4;/h;;(H3,1,2,3,4);/q+1;+2;;-2. The molecule has 0 heterocycles. The molecule has 0 aromatic heterocycles. The van der Waals surface area contributed by atoms with Gasteiger partial charge in [0.05, 0.1) is 0 Å². The molecule has 3 N–H and O–H groups in total. The molecule has 0 aromatic carbocycles. The Kier molecular flexibility index (Phi) is 26.6. The molecule has 5 nitrogen and oxygen atoms in total. The summed E-state index contributed by atoms with van der Waals surface area (Å²) in [5.41, 5.74) is 0. The number of hydrogen-bond donors (Lipinski definition) is 3. The number of hydrogen-bond acceptors (Lipinski definition) is 1. The molecule has 0 radical (unpaired) electrons. The fourth-order valence-electron chi connectivity index (χ4n) is 0. The van der Waals surface area contributed by atoms with Crippen molar-refractivity contribution in [3.8, 4) is 0 Å². The summed E-state index contributed by atoms with van der Waals surface area (Å²) < 4.78 is 8.88. The van der Waals surface area contributed by atoms with Gasteiger partial charge in [-0.25, -0.2) is 4.57 Å². The van der Waals surface area contributed by atoms with Crippen LogP contribution in [0.15, 0.2) is 0 Å². The third-order valence-electron chi connectivity index (χ3n) is 0. The zero-order valence-electron chi connectivity index (χ0n) is 4.31. The Bertz CT molecular complexity index is 58.6. The van der Waals surface area contributed by atoms with Crippen LogP contribution in [0.4, 0.5) is 0 Å². The van der Waals surface area contributed by atoms with Crippen LogP contribution in [0, 0.1) is 0 Å². The van der Waals surface area contributed by atoms with Gasteiger partial charge in [-0.15, -0.1) is 0 Å². The van der Waals surface area contributed by atoms with Crippen LogP contribution in [0.5, 0.6) is 0 Å². The van der Waals surface area contributed by atoms with Crippen LogP contribution in [0.3, 0.4) is 0 Å². The third kappa shape index (κ3) is 77.4. The molecule has 0 aliphatic carbocycles. The van der Waals surface area contributed by atoms with Crippen molar-refractivity contribution < 1.29 is 76.1 Å². The minimum atomic E-state index is -4.64. The van der Waals surface area contributed by atoms with Gasteiger partial charge >= 0.3 is 82.3 Å². The smallest absolute Gasteiger partial charge is 2.00 e. The predicted octanol–water partition coefficient (Wildman–Crippen LogP) is -4.42. The van der Waals surface area contributed by atoms with Crippen molar-refractivity contribution in [1.82, 2.24) is 0 Å². The normalized spacial score (nSPS) is 7.38. The quantitative estimate of drug-likeness (QED) is 0.256. The van der Waals surface area contributed by atoms with E-state index in [0.717, 1.165) is 0 Å². The number of rotatable bonds is 0. The van der Waals surface area contributed by atoms with Crippen molar-refractivity contribution in [3.63, 3.8) is 0 Å². The first-order valence-corrected chi connectivity index (χ1v) is 2.35. The first-order valence-electron chi connectivity index (χ1n) is 0.783. The summed E-state index contributed by atoms with van der Waals surface area (Å²) in [7, 11) is -4.64. The molecule has 0 saturated heterocycles. The molecule has 0 aliphatic heterocycles. The molecule has 0 rings (SSSR count).